The third-order valence-electron chi connectivity index (χ3n) is 2.04. The summed E-state index contributed by atoms with van der Waals surface area (Å²) >= 11 is 0. The fraction of sp³-hybridized carbons (Fsp3) is 0.182. The molecule has 0 aliphatic rings. The summed E-state index contributed by atoms with van der Waals surface area (Å²) in [5.74, 6) is -0.961. The first kappa shape index (κ1) is 10.9. The van der Waals surface area contributed by atoms with Gasteiger partial charge in [0.15, 0.2) is 6.29 Å². The third kappa shape index (κ3) is 2.41. The van der Waals surface area contributed by atoms with Gasteiger partial charge in [0.05, 0.1) is 18.1 Å². The number of aryl methyl sites for hydroxylation is 1. The molecule has 0 aromatic heterocycles. The molecular weight excluding hydrogens is 194 g/mol. The molecule has 0 aliphatic heterocycles. The Kier molecular flexibility index (Phi) is 3.19. The quantitative estimate of drug-likeness (QED) is 0.751. The number of nitrogens with zero attached hydrogens (tertiary/aromatic N) is 1. The number of aldehydes is 1. The van der Waals surface area contributed by atoms with Crippen molar-refractivity contribution in [3.63, 3.8) is 0 Å². The highest BCUT2D eigenvalue weighted by molar-refractivity contribution is 5.82. The van der Waals surface area contributed by atoms with E-state index in [0.29, 0.717) is 23.0 Å². The molecule has 0 spiro atoms. The number of rotatable bonds is 3. The van der Waals surface area contributed by atoms with E-state index < -0.39 is 5.97 Å². The van der Waals surface area contributed by atoms with Crippen molar-refractivity contribution in [3.8, 4) is 6.07 Å². The van der Waals surface area contributed by atoms with Gasteiger partial charge in [-0.2, -0.15) is 5.26 Å². The van der Waals surface area contributed by atoms with E-state index in [4.69, 9.17) is 10.4 Å². The van der Waals surface area contributed by atoms with Crippen molar-refractivity contribution in [2.75, 3.05) is 0 Å². The highest BCUT2D eigenvalue weighted by Gasteiger charge is 2.09. The van der Waals surface area contributed by atoms with Crippen LogP contribution in [0.1, 0.15) is 27.0 Å². The van der Waals surface area contributed by atoms with Gasteiger partial charge >= 0.3 is 5.97 Å². The number of carbonyl (C=O) groups is 2. The van der Waals surface area contributed by atoms with E-state index in [1.165, 1.54) is 6.07 Å². The molecule has 4 nitrogen and oxygen atoms in total. The van der Waals surface area contributed by atoms with Crippen LogP contribution < -0.4 is 0 Å². The van der Waals surface area contributed by atoms with Gasteiger partial charge in [-0.3, -0.25) is 9.59 Å². The van der Waals surface area contributed by atoms with E-state index in [2.05, 4.69) is 0 Å². The topological polar surface area (TPSA) is 78.2 Å². The van der Waals surface area contributed by atoms with Crippen LogP contribution in [0.4, 0.5) is 0 Å². The monoisotopic (exact) mass is 203 g/mol. The maximum absolute atomic E-state index is 10.7. The molecule has 0 radical (unpaired) electrons. The summed E-state index contributed by atoms with van der Waals surface area (Å²) in [7, 11) is 0. The maximum Gasteiger partial charge on any atom is 0.307 e. The molecule has 0 fully saturated rings. The molecule has 0 atom stereocenters. The molecule has 4 heteroatoms. The van der Waals surface area contributed by atoms with E-state index in [1.807, 2.05) is 6.07 Å². The van der Waals surface area contributed by atoms with Crippen LogP contribution in [0, 0.1) is 18.3 Å². The first-order valence-corrected chi connectivity index (χ1v) is 4.29. The summed E-state index contributed by atoms with van der Waals surface area (Å²) in [6.45, 7) is 1.68. The Morgan fingerprint density at radius 1 is 1.60 bits per heavy atom. The summed E-state index contributed by atoms with van der Waals surface area (Å²) in [6, 6.07) is 4.92. The molecule has 0 aliphatic carbocycles. The number of hydrogen-bond donors (Lipinski definition) is 1. The highest BCUT2D eigenvalue weighted by Crippen LogP contribution is 2.15. The van der Waals surface area contributed by atoms with Gasteiger partial charge < -0.3 is 5.11 Å². The Hall–Kier alpha value is -2.15. The second-order valence-electron chi connectivity index (χ2n) is 3.17. The lowest BCUT2D eigenvalue weighted by Crippen LogP contribution is -2.02. The van der Waals surface area contributed by atoms with Crippen molar-refractivity contribution in [3.05, 3.63) is 34.4 Å². The minimum Gasteiger partial charge on any atom is -0.481 e. The van der Waals surface area contributed by atoms with E-state index in [-0.39, 0.29) is 12.0 Å². The zero-order chi connectivity index (χ0) is 11.4. The van der Waals surface area contributed by atoms with Gasteiger partial charge in [0.2, 0.25) is 0 Å². The molecule has 0 amide bonds. The highest BCUT2D eigenvalue weighted by atomic mass is 16.4. The van der Waals surface area contributed by atoms with Gasteiger partial charge in [-0.05, 0) is 24.1 Å². The van der Waals surface area contributed by atoms with Gasteiger partial charge in [-0.25, -0.2) is 0 Å². The maximum atomic E-state index is 10.7. The van der Waals surface area contributed by atoms with Crippen LogP contribution in [0.2, 0.25) is 0 Å². The van der Waals surface area contributed by atoms with Crippen molar-refractivity contribution in [1.29, 1.82) is 5.26 Å². The summed E-state index contributed by atoms with van der Waals surface area (Å²) < 4.78 is 0. The first-order valence-electron chi connectivity index (χ1n) is 4.29. The lowest BCUT2D eigenvalue weighted by atomic mass is 9.98. The molecule has 1 rings (SSSR count). The van der Waals surface area contributed by atoms with Crippen molar-refractivity contribution in [2.24, 2.45) is 0 Å². The number of carbonyl (C=O) groups excluding carboxylic acids is 1. The Bertz CT molecular complexity index is 458. The lowest BCUT2D eigenvalue weighted by molar-refractivity contribution is -0.136. The van der Waals surface area contributed by atoms with E-state index in [0.717, 1.165) is 0 Å². The van der Waals surface area contributed by atoms with Crippen LogP contribution in [0.5, 0.6) is 0 Å². The Morgan fingerprint density at radius 3 is 2.73 bits per heavy atom. The molecule has 0 saturated carbocycles. The standard InChI is InChI=1S/C11H9NO3/c1-7-2-8(4-11(14)15)3-9(5-12)10(7)6-13/h2-3,6H,4H2,1H3,(H,14,15). The molecule has 1 aromatic carbocycles. The smallest absolute Gasteiger partial charge is 0.307 e. The van der Waals surface area contributed by atoms with E-state index >= 15 is 0 Å². The Morgan fingerprint density at radius 2 is 2.27 bits per heavy atom. The van der Waals surface area contributed by atoms with Crippen molar-refractivity contribution in [2.45, 2.75) is 13.3 Å². The number of benzene rings is 1. The summed E-state index contributed by atoms with van der Waals surface area (Å²) in [5.41, 5.74) is 1.70. The Balaban J connectivity index is 3.27. The molecule has 0 heterocycles. The minimum absolute atomic E-state index is 0.144. The summed E-state index contributed by atoms with van der Waals surface area (Å²) in [5, 5.41) is 17.4. The fourth-order valence-electron chi connectivity index (χ4n) is 1.40. The largest absolute Gasteiger partial charge is 0.481 e. The number of hydrogen-bond acceptors (Lipinski definition) is 3. The second-order valence-corrected chi connectivity index (χ2v) is 3.17. The minimum atomic E-state index is -0.961. The van der Waals surface area contributed by atoms with E-state index in [1.54, 1.807) is 13.0 Å². The molecular formula is C11H9NO3. The number of carboxylic acid groups (broad SMARTS) is 1. The van der Waals surface area contributed by atoms with Gasteiger partial charge in [-0.15, -0.1) is 0 Å². The SMILES string of the molecule is Cc1cc(CC(=O)O)cc(C#N)c1C=O. The molecule has 0 saturated heterocycles. The first-order chi connectivity index (χ1) is 7.08. The van der Waals surface area contributed by atoms with Gasteiger partial charge in [-0.1, -0.05) is 6.07 Å². The van der Waals surface area contributed by atoms with Gasteiger partial charge in [0.25, 0.3) is 0 Å². The van der Waals surface area contributed by atoms with Crippen LogP contribution in [0.3, 0.4) is 0 Å². The van der Waals surface area contributed by atoms with Crippen molar-refractivity contribution < 1.29 is 14.7 Å². The zero-order valence-electron chi connectivity index (χ0n) is 8.15. The predicted molar refractivity (Wildman–Crippen MR) is 52.6 cm³/mol. The molecule has 1 aromatic rings. The normalized spacial score (nSPS) is 9.33. The Labute approximate surface area is 86.8 Å². The van der Waals surface area contributed by atoms with Crippen LogP contribution in [0.25, 0.3) is 0 Å². The van der Waals surface area contributed by atoms with Crippen LogP contribution in [0.15, 0.2) is 12.1 Å². The second kappa shape index (κ2) is 4.38. The average Bonchev–Trinajstić information content (AvgIpc) is 2.15. The molecule has 1 N–H and O–H groups in total. The molecule has 15 heavy (non-hydrogen) atoms. The van der Waals surface area contributed by atoms with Crippen LogP contribution in [-0.2, 0) is 11.2 Å². The number of aliphatic carboxylic acids is 1. The lowest BCUT2D eigenvalue weighted by Gasteiger charge is -2.04. The van der Waals surface area contributed by atoms with Crippen LogP contribution >= 0.6 is 0 Å². The molecule has 0 unspecified atom stereocenters. The van der Waals surface area contributed by atoms with Crippen LogP contribution in [-0.4, -0.2) is 17.4 Å². The third-order valence-corrected chi connectivity index (χ3v) is 2.04. The predicted octanol–water partition coefficient (Wildman–Crippen LogP) is 1.31. The number of carboxylic acids is 1. The van der Waals surface area contributed by atoms with Gasteiger partial charge in [0.1, 0.15) is 0 Å². The average molecular weight is 203 g/mol. The number of nitriles is 1. The van der Waals surface area contributed by atoms with Crippen molar-refractivity contribution in [1.82, 2.24) is 0 Å². The molecule has 76 valence electrons. The van der Waals surface area contributed by atoms with Crippen molar-refractivity contribution >= 4 is 12.3 Å². The zero-order valence-corrected chi connectivity index (χ0v) is 8.15. The fourth-order valence-corrected chi connectivity index (χ4v) is 1.40. The van der Waals surface area contributed by atoms with E-state index in [9.17, 15) is 9.59 Å². The summed E-state index contributed by atoms with van der Waals surface area (Å²) in [6.07, 6.45) is 0.465. The summed E-state index contributed by atoms with van der Waals surface area (Å²) in [4.78, 5) is 21.2. The van der Waals surface area contributed by atoms with Gasteiger partial charge in [0, 0.05) is 5.56 Å². The molecule has 0 bridgehead atoms.